The van der Waals surface area contributed by atoms with E-state index in [-0.39, 0.29) is 0 Å². The lowest BCUT2D eigenvalue weighted by molar-refractivity contribution is -0.142. The molecule has 1 aromatic rings. The average Bonchev–Trinajstić information content (AvgIpc) is 2.12. The number of aryl methyl sites for hydroxylation is 1. The number of hydrogen-bond donors (Lipinski definition) is 1. The topological polar surface area (TPSA) is 50.2 Å². The number of carbonyl (C=O) groups is 1. The molecule has 0 unspecified atom stereocenters. The molecule has 18 heavy (non-hydrogen) atoms. The van der Waals surface area contributed by atoms with Gasteiger partial charge < -0.3 is 5.11 Å². The molecular formula is C10H8F5NO2. The molecule has 0 atom stereocenters. The zero-order valence-corrected chi connectivity index (χ0v) is 9.27. The zero-order chi connectivity index (χ0) is 14.3. The molecule has 0 aliphatic rings. The number of carboxylic acid groups (broad SMARTS) is 1. The van der Waals surface area contributed by atoms with E-state index in [1.165, 1.54) is 0 Å². The Morgan fingerprint density at radius 3 is 2.11 bits per heavy atom. The molecule has 0 bridgehead atoms. The number of aromatic nitrogens is 1. The van der Waals surface area contributed by atoms with Gasteiger partial charge >= 0.3 is 12.1 Å². The van der Waals surface area contributed by atoms with E-state index in [9.17, 15) is 26.7 Å². The van der Waals surface area contributed by atoms with Gasteiger partial charge in [0.25, 0.3) is 5.92 Å². The van der Waals surface area contributed by atoms with Crippen LogP contribution in [0.5, 0.6) is 0 Å². The van der Waals surface area contributed by atoms with Crippen molar-refractivity contribution in [3.63, 3.8) is 0 Å². The maximum absolute atomic E-state index is 13.0. The highest BCUT2D eigenvalue weighted by atomic mass is 19.4. The minimum Gasteiger partial charge on any atom is -0.478 e. The van der Waals surface area contributed by atoms with E-state index < -0.39 is 40.6 Å². The summed E-state index contributed by atoms with van der Waals surface area (Å²) in [7, 11) is 0. The van der Waals surface area contributed by atoms with E-state index in [1.54, 1.807) is 0 Å². The molecule has 1 rings (SSSR count). The maximum Gasteiger partial charge on any atom is 0.434 e. The van der Waals surface area contributed by atoms with Gasteiger partial charge in [-0.1, -0.05) is 0 Å². The van der Waals surface area contributed by atoms with Crippen LogP contribution in [0.3, 0.4) is 0 Å². The van der Waals surface area contributed by atoms with E-state index in [4.69, 9.17) is 5.11 Å². The quantitative estimate of drug-likeness (QED) is 0.838. The summed E-state index contributed by atoms with van der Waals surface area (Å²) < 4.78 is 63.7. The lowest BCUT2D eigenvalue weighted by atomic mass is 10.0. The molecule has 8 heteroatoms. The molecule has 0 radical (unpaired) electrons. The van der Waals surface area contributed by atoms with E-state index in [0.29, 0.717) is 13.0 Å². The second-order valence-electron chi connectivity index (χ2n) is 3.74. The molecule has 0 fully saturated rings. The van der Waals surface area contributed by atoms with Gasteiger partial charge in [-0.2, -0.15) is 22.0 Å². The largest absolute Gasteiger partial charge is 0.478 e. The first-order valence-corrected chi connectivity index (χ1v) is 4.65. The summed E-state index contributed by atoms with van der Waals surface area (Å²) >= 11 is 0. The van der Waals surface area contributed by atoms with Crippen LogP contribution >= 0.6 is 0 Å². The number of alkyl halides is 5. The van der Waals surface area contributed by atoms with Crippen molar-refractivity contribution in [3.8, 4) is 0 Å². The molecule has 3 nitrogen and oxygen atoms in total. The summed E-state index contributed by atoms with van der Waals surface area (Å²) in [5.74, 6) is -5.44. The van der Waals surface area contributed by atoms with Crippen molar-refractivity contribution in [2.45, 2.75) is 25.9 Å². The van der Waals surface area contributed by atoms with Crippen molar-refractivity contribution < 1.29 is 31.9 Å². The molecular weight excluding hydrogens is 261 g/mol. The van der Waals surface area contributed by atoms with Crippen molar-refractivity contribution in [1.29, 1.82) is 0 Å². The predicted octanol–water partition coefficient (Wildman–Crippen LogP) is 3.22. The van der Waals surface area contributed by atoms with Crippen LogP contribution in [0.1, 0.15) is 34.2 Å². The second kappa shape index (κ2) is 4.18. The van der Waals surface area contributed by atoms with Gasteiger partial charge in [0.05, 0.1) is 5.56 Å². The Morgan fingerprint density at radius 1 is 1.28 bits per heavy atom. The van der Waals surface area contributed by atoms with Gasteiger partial charge in [-0.3, -0.25) is 0 Å². The van der Waals surface area contributed by atoms with Crippen LogP contribution in [-0.4, -0.2) is 16.1 Å². The van der Waals surface area contributed by atoms with Crippen molar-refractivity contribution >= 4 is 5.97 Å². The van der Waals surface area contributed by atoms with Gasteiger partial charge in [-0.15, -0.1) is 0 Å². The van der Waals surface area contributed by atoms with Gasteiger partial charge in [0.1, 0.15) is 5.69 Å². The fourth-order valence-electron chi connectivity index (χ4n) is 1.37. The van der Waals surface area contributed by atoms with Crippen molar-refractivity contribution in [2.75, 3.05) is 0 Å². The number of rotatable bonds is 2. The number of pyridine rings is 1. The third-order valence-corrected chi connectivity index (χ3v) is 2.15. The molecule has 100 valence electrons. The predicted molar refractivity (Wildman–Crippen MR) is 50.5 cm³/mol. The van der Waals surface area contributed by atoms with Gasteiger partial charge in [-0.25, -0.2) is 9.78 Å². The van der Waals surface area contributed by atoms with Crippen LogP contribution in [0.25, 0.3) is 0 Å². The summed E-state index contributed by atoms with van der Waals surface area (Å²) in [6.07, 6.45) is -5.11. The van der Waals surface area contributed by atoms with Crippen LogP contribution < -0.4 is 0 Å². The number of nitrogens with zero attached hydrogens (tertiary/aromatic N) is 1. The summed E-state index contributed by atoms with van der Waals surface area (Å²) in [5.41, 5.74) is -4.46. The van der Waals surface area contributed by atoms with E-state index >= 15 is 0 Å². The number of hydrogen-bond acceptors (Lipinski definition) is 2. The van der Waals surface area contributed by atoms with E-state index in [0.717, 1.165) is 6.92 Å². The zero-order valence-electron chi connectivity index (χ0n) is 9.27. The second-order valence-corrected chi connectivity index (χ2v) is 3.74. The number of halogens is 5. The fraction of sp³-hybridized carbons (Fsp3) is 0.400. The first-order chi connectivity index (χ1) is 7.94. The smallest absolute Gasteiger partial charge is 0.434 e. The molecule has 0 saturated carbocycles. The Bertz CT molecular complexity index is 490. The normalized spacial score (nSPS) is 12.6. The summed E-state index contributed by atoms with van der Waals surface area (Å²) in [4.78, 5) is 13.5. The lowest BCUT2D eigenvalue weighted by Gasteiger charge is -2.16. The maximum atomic E-state index is 13.0. The molecule has 0 amide bonds. The fourth-order valence-corrected chi connectivity index (χ4v) is 1.37. The minimum absolute atomic E-state index is 0.384. The van der Waals surface area contributed by atoms with Gasteiger partial charge in [0.2, 0.25) is 0 Å². The van der Waals surface area contributed by atoms with Crippen LogP contribution in [0.2, 0.25) is 0 Å². The Morgan fingerprint density at radius 2 is 1.78 bits per heavy atom. The van der Waals surface area contributed by atoms with Gasteiger partial charge in [-0.05, 0) is 18.6 Å². The van der Waals surface area contributed by atoms with Crippen LogP contribution in [0, 0.1) is 6.92 Å². The van der Waals surface area contributed by atoms with Crippen molar-refractivity contribution in [1.82, 2.24) is 4.98 Å². The highest BCUT2D eigenvalue weighted by molar-refractivity contribution is 5.90. The highest BCUT2D eigenvalue weighted by Crippen LogP contribution is 2.35. The Hall–Kier alpha value is -1.73. The Balaban J connectivity index is 3.64. The minimum atomic E-state index is -5.11. The SMILES string of the molecule is Cc1cc(C(C)(F)F)nc(C(F)(F)F)c1C(=O)O. The molecule has 0 spiro atoms. The molecule has 0 aliphatic heterocycles. The van der Waals surface area contributed by atoms with Crippen LogP contribution in [0.15, 0.2) is 6.07 Å². The highest BCUT2D eigenvalue weighted by Gasteiger charge is 2.40. The van der Waals surface area contributed by atoms with E-state index in [1.807, 2.05) is 0 Å². The third kappa shape index (κ3) is 2.74. The first-order valence-electron chi connectivity index (χ1n) is 4.65. The molecule has 0 aromatic carbocycles. The van der Waals surface area contributed by atoms with Crippen LogP contribution in [0.4, 0.5) is 22.0 Å². The molecule has 1 N–H and O–H groups in total. The standard InChI is InChI=1S/C10H8F5NO2/c1-4-3-5(9(2,11)12)16-7(10(13,14)15)6(4)8(17)18/h3H,1-2H3,(H,17,18). The number of carboxylic acids is 1. The monoisotopic (exact) mass is 269 g/mol. The first kappa shape index (κ1) is 14.3. The molecule has 1 heterocycles. The van der Waals surface area contributed by atoms with Crippen molar-refractivity contribution in [3.05, 3.63) is 28.6 Å². The Kier molecular flexibility index (Phi) is 3.33. The summed E-state index contributed by atoms with van der Waals surface area (Å²) in [5, 5.41) is 8.68. The van der Waals surface area contributed by atoms with Crippen LogP contribution in [-0.2, 0) is 12.1 Å². The lowest BCUT2D eigenvalue weighted by Crippen LogP contribution is -2.21. The molecule has 1 aromatic heterocycles. The summed E-state index contributed by atoms with van der Waals surface area (Å²) in [6, 6.07) is 0.638. The molecule has 0 aliphatic carbocycles. The molecule has 0 saturated heterocycles. The average molecular weight is 269 g/mol. The van der Waals surface area contributed by atoms with Gasteiger partial charge in [0.15, 0.2) is 5.69 Å². The summed E-state index contributed by atoms with van der Waals surface area (Å²) in [6.45, 7) is 1.39. The van der Waals surface area contributed by atoms with Gasteiger partial charge in [0, 0.05) is 6.92 Å². The number of aromatic carboxylic acids is 1. The Labute approximate surface area is 98.3 Å². The third-order valence-electron chi connectivity index (χ3n) is 2.15. The van der Waals surface area contributed by atoms with Crippen molar-refractivity contribution in [2.24, 2.45) is 0 Å². The van der Waals surface area contributed by atoms with E-state index in [2.05, 4.69) is 4.98 Å².